The van der Waals surface area contributed by atoms with Crippen LogP contribution in [0.25, 0.3) is 105 Å². The van der Waals surface area contributed by atoms with E-state index in [9.17, 15) is 0 Å². The molecule has 0 fully saturated rings. The molecule has 0 unspecified atom stereocenters. The molecule has 3 heteroatoms. The van der Waals surface area contributed by atoms with Gasteiger partial charge in [0.1, 0.15) is 11.2 Å². The molecule has 0 atom stereocenters. The Morgan fingerprint density at radius 3 is 1.78 bits per heavy atom. The highest BCUT2D eigenvalue weighted by Crippen LogP contribution is 2.39. The quantitative estimate of drug-likeness (QED) is 0.156. The number of aromatic nitrogens is 2. The first-order valence-electron chi connectivity index (χ1n) is 19.6. The summed E-state index contributed by atoms with van der Waals surface area (Å²) in [5.74, 6) is 2.67. The van der Waals surface area contributed by atoms with Crippen molar-refractivity contribution in [2.75, 3.05) is 0 Å². The minimum absolute atomic E-state index is 0.858. The highest BCUT2D eigenvalue weighted by Gasteiger charge is 2.17. The summed E-state index contributed by atoms with van der Waals surface area (Å²) in [6.45, 7) is 2.16. The highest BCUT2D eigenvalue weighted by molar-refractivity contribution is 6.11. The van der Waals surface area contributed by atoms with Crippen LogP contribution in [-0.4, -0.2) is 9.13 Å². The largest absolute Gasteiger partial charge is 0.456 e. The van der Waals surface area contributed by atoms with E-state index in [1.54, 1.807) is 6.08 Å². The van der Waals surface area contributed by atoms with Gasteiger partial charge in [-0.25, -0.2) is 0 Å². The maximum Gasteiger partial charge on any atom is 0.135 e. The first-order valence-corrected chi connectivity index (χ1v) is 19.6. The topological polar surface area (TPSA) is 23.0 Å². The van der Waals surface area contributed by atoms with Crippen molar-refractivity contribution in [3.05, 3.63) is 199 Å². The Morgan fingerprint density at radius 1 is 0.431 bits per heavy atom. The molecule has 0 amide bonds. The lowest BCUT2D eigenvalue weighted by Crippen LogP contribution is -1.96. The second-order valence-electron chi connectivity index (χ2n) is 14.9. The molecule has 0 bridgehead atoms. The van der Waals surface area contributed by atoms with Gasteiger partial charge in [-0.15, -0.1) is 6.42 Å². The summed E-state index contributed by atoms with van der Waals surface area (Å²) in [7, 11) is 0. The van der Waals surface area contributed by atoms with Crippen LogP contribution in [0.15, 0.2) is 192 Å². The monoisotopic (exact) mass is 740 g/mol. The van der Waals surface area contributed by atoms with Crippen LogP contribution in [0.4, 0.5) is 0 Å². The van der Waals surface area contributed by atoms with E-state index in [1.165, 1.54) is 43.9 Å². The Labute approximate surface area is 336 Å². The lowest BCUT2D eigenvalue weighted by atomic mass is 9.97. The van der Waals surface area contributed by atoms with Gasteiger partial charge in [0, 0.05) is 38.3 Å². The van der Waals surface area contributed by atoms with Gasteiger partial charge < -0.3 is 13.6 Å². The predicted octanol–water partition coefficient (Wildman–Crippen LogP) is 14.6. The first-order chi connectivity index (χ1) is 28.6. The number of allylic oxidation sites excluding steroid dienone is 1. The summed E-state index contributed by atoms with van der Waals surface area (Å²) in [4.78, 5) is 0. The average molecular weight is 741 g/mol. The van der Waals surface area contributed by atoms with Gasteiger partial charge in [0.05, 0.1) is 22.2 Å². The van der Waals surface area contributed by atoms with Crippen LogP contribution in [0.1, 0.15) is 11.3 Å². The normalized spacial score (nSPS) is 11.8. The molecule has 0 saturated heterocycles. The van der Waals surface area contributed by atoms with Gasteiger partial charge in [-0.2, -0.15) is 0 Å². The Bertz CT molecular complexity index is 3470. The molecule has 0 spiro atoms. The SMILES string of the molecule is C#C/C=C\c1c(C)c2ccccc2n1-c1ccc2oc3ccc(-c4cccc(-c5cccc(-n6c7ccccc7c7cc(-c8ccccc8)ccc76)c5)c4)cc3c2c1. The van der Waals surface area contributed by atoms with Crippen LogP contribution in [0.5, 0.6) is 0 Å². The molecule has 0 aliphatic heterocycles. The zero-order valence-electron chi connectivity index (χ0n) is 31.9. The van der Waals surface area contributed by atoms with Gasteiger partial charge >= 0.3 is 0 Å². The molecular weight excluding hydrogens is 705 g/mol. The fourth-order valence-electron chi connectivity index (χ4n) is 8.87. The molecule has 0 saturated carbocycles. The number of benzene rings is 8. The third-order valence-corrected chi connectivity index (χ3v) is 11.6. The summed E-state index contributed by atoms with van der Waals surface area (Å²) < 4.78 is 11.1. The second kappa shape index (κ2) is 13.4. The Hall–Kier alpha value is -7.80. The number of aryl methyl sites for hydroxylation is 1. The van der Waals surface area contributed by atoms with Gasteiger partial charge in [-0.3, -0.25) is 0 Å². The van der Waals surface area contributed by atoms with Crippen molar-refractivity contribution in [1.82, 2.24) is 9.13 Å². The summed E-state index contributed by atoms with van der Waals surface area (Å²) >= 11 is 0. The number of para-hydroxylation sites is 2. The molecule has 8 aromatic carbocycles. The average Bonchev–Trinajstić information content (AvgIpc) is 3.92. The van der Waals surface area contributed by atoms with Crippen molar-refractivity contribution in [2.45, 2.75) is 6.92 Å². The highest BCUT2D eigenvalue weighted by atomic mass is 16.3. The van der Waals surface area contributed by atoms with Crippen molar-refractivity contribution < 1.29 is 4.42 Å². The van der Waals surface area contributed by atoms with Gasteiger partial charge in [-0.05, 0) is 131 Å². The van der Waals surface area contributed by atoms with Crippen molar-refractivity contribution >= 4 is 60.7 Å². The van der Waals surface area contributed by atoms with E-state index in [-0.39, 0.29) is 0 Å². The third-order valence-electron chi connectivity index (χ3n) is 11.6. The van der Waals surface area contributed by atoms with Gasteiger partial charge in [0.2, 0.25) is 0 Å². The van der Waals surface area contributed by atoms with E-state index in [0.717, 1.165) is 66.8 Å². The van der Waals surface area contributed by atoms with Crippen LogP contribution < -0.4 is 0 Å². The molecule has 0 aliphatic rings. The van der Waals surface area contributed by atoms with Crippen molar-refractivity contribution in [3.63, 3.8) is 0 Å². The minimum atomic E-state index is 0.858. The Balaban J connectivity index is 0.990. The van der Waals surface area contributed by atoms with Gasteiger partial charge in [-0.1, -0.05) is 115 Å². The molecule has 58 heavy (non-hydrogen) atoms. The van der Waals surface area contributed by atoms with Crippen LogP contribution in [0, 0.1) is 19.3 Å². The second-order valence-corrected chi connectivity index (χ2v) is 14.9. The van der Waals surface area contributed by atoms with Crippen LogP contribution in [0.2, 0.25) is 0 Å². The minimum Gasteiger partial charge on any atom is -0.456 e. The molecule has 3 aromatic heterocycles. The lowest BCUT2D eigenvalue weighted by Gasteiger charge is -2.12. The molecule has 11 rings (SSSR count). The number of hydrogen-bond acceptors (Lipinski definition) is 1. The number of terminal acetylenes is 1. The van der Waals surface area contributed by atoms with E-state index in [2.05, 4.69) is 204 Å². The van der Waals surface area contributed by atoms with E-state index >= 15 is 0 Å². The Kier molecular flexibility index (Phi) is 7.77. The number of rotatable bonds is 6. The van der Waals surface area contributed by atoms with Crippen molar-refractivity contribution in [2.24, 2.45) is 0 Å². The predicted molar refractivity (Wildman–Crippen MR) is 244 cm³/mol. The number of furan rings is 1. The van der Waals surface area contributed by atoms with E-state index in [4.69, 9.17) is 10.8 Å². The van der Waals surface area contributed by atoms with Crippen molar-refractivity contribution in [1.29, 1.82) is 0 Å². The van der Waals surface area contributed by atoms with Crippen LogP contribution >= 0.6 is 0 Å². The molecule has 3 nitrogen and oxygen atoms in total. The van der Waals surface area contributed by atoms with Gasteiger partial charge in [0.15, 0.2) is 0 Å². The summed E-state index contributed by atoms with van der Waals surface area (Å²) in [5, 5.41) is 5.85. The van der Waals surface area contributed by atoms with E-state index < -0.39 is 0 Å². The fourth-order valence-corrected chi connectivity index (χ4v) is 8.87. The molecule has 272 valence electrons. The molecule has 0 N–H and O–H groups in total. The molecule has 0 aliphatic carbocycles. The molecule has 3 heterocycles. The zero-order valence-corrected chi connectivity index (χ0v) is 31.9. The van der Waals surface area contributed by atoms with Crippen molar-refractivity contribution in [3.8, 4) is 57.1 Å². The third kappa shape index (κ3) is 5.39. The van der Waals surface area contributed by atoms with Crippen LogP contribution in [0.3, 0.4) is 0 Å². The lowest BCUT2D eigenvalue weighted by molar-refractivity contribution is 0.669. The molecular formula is C55H36N2O. The molecule has 11 aromatic rings. The maximum atomic E-state index is 6.40. The number of fused-ring (bicyclic) bond motifs is 7. The summed E-state index contributed by atoms with van der Waals surface area (Å²) in [6, 6.07) is 65.4. The summed E-state index contributed by atoms with van der Waals surface area (Å²) in [5.41, 5.74) is 16.7. The smallest absolute Gasteiger partial charge is 0.135 e. The Morgan fingerprint density at radius 2 is 0.983 bits per heavy atom. The number of nitrogens with zero attached hydrogens (tertiary/aromatic N) is 2. The van der Waals surface area contributed by atoms with E-state index in [1.807, 2.05) is 6.08 Å². The van der Waals surface area contributed by atoms with Gasteiger partial charge in [0.25, 0.3) is 0 Å². The number of hydrogen-bond donors (Lipinski definition) is 0. The standard InChI is InChI=1S/C55H36N2O/c1-3-4-22-50-36(2)45-20-8-10-23-51(45)56(50)44-27-30-55-49(35-44)48-34-42(26-29-54(48)58-55)39-17-12-16-38(31-39)40-18-13-19-43(32-40)57-52-24-11-9-21-46(52)47-33-41(25-28-53(47)57)37-14-6-5-7-15-37/h1,4-35H,2H3/b22-4-. The fraction of sp³-hybridized carbons (Fsp3) is 0.0182. The van der Waals surface area contributed by atoms with E-state index in [0.29, 0.717) is 0 Å². The van der Waals surface area contributed by atoms with Crippen LogP contribution in [-0.2, 0) is 0 Å². The zero-order chi connectivity index (χ0) is 38.7. The molecule has 0 radical (unpaired) electrons. The first kappa shape index (κ1) is 33.5. The maximum absolute atomic E-state index is 6.40. The summed E-state index contributed by atoms with van der Waals surface area (Å²) in [6.07, 6.45) is 9.46.